The highest BCUT2D eigenvalue weighted by Gasteiger charge is 2.17. The molecule has 19 heavy (non-hydrogen) atoms. The molecule has 1 amide bonds. The Hall–Kier alpha value is -1.30. The van der Waals surface area contributed by atoms with Gasteiger partial charge in [-0.05, 0) is 25.5 Å². The number of ether oxygens (including phenoxy) is 2. The number of nitrogens with one attached hydrogen (secondary N) is 1. The summed E-state index contributed by atoms with van der Waals surface area (Å²) in [6.07, 6.45) is -0.642. The van der Waals surface area contributed by atoms with Crippen molar-refractivity contribution in [2.24, 2.45) is 5.73 Å². The summed E-state index contributed by atoms with van der Waals surface area (Å²) in [6, 6.07) is 3.74. The summed E-state index contributed by atoms with van der Waals surface area (Å²) < 4.78 is 10.3. The van der Waals surface area contributed by atoms with Crippen LogP contribution in [0.5, 0.6) is 5.75 Å². The number of carbonyl (C=O) groups excluding carboxylic acids is 1. The molecular formula is C13H21ClN2O3. The zero-order chi connectivity index (χ0) is 13.7. The summed E-state index contributed by atoms with van der Waals surface area (Å²) in [5.74, 6) is 0.517. The number of hydrogen-bond donors (Lipinski definition) is 2. The van der Waals surface area contributed by atoms with Crippen LogP contribution in [0.2, 0.25) is 0 Å². The predicted octanol–water partition coefficient (Wildman–Crippen LogP) is 1.65. The second-order valence-electron chi connectivity index (χ2n) is 4.04. The first-order valence-corrected chi connectivity index (χ1v) is 5.73. The molecule has 0 aliphatic rings. The number of hydrogen-bond acceptors (Lipinski definition) is 4. The van der Waals surface area contributed by atoms with Gasteiger partial charge in [0.2, 0.25) is 0 Å². The lowest BCUT2D eigenvalue weighted by Gasteiger charge is -2.17. The first kappa shape index (κ1) is 17.7. The summed E-state index contributed by atoms with van der Waals surface area (Å²) >= 11 is 0. The number of amides is 1. The minimum atomic E-state index is -0.642. The molecule has 1 rings (SSSR count). The Morgan fingerprint density at radius 3 is 2.47 bits per heavy atom. The molecule has 0 aliphatic carbocycles. The number of carbonyl (C=O) groups is 1. The first-order valence-electron chi connectivity index (χ1n) is 5.73. The first-order chi connectivity index (χ1) is 8.54. The molecule has 0 heterocycles. The topological polar surface area (TPSA) is 73.6 Å². The second-order valence-corrected chi connectivity index (χ2v) is 4.04. The maximum absolute atomic E-state index is 11.9. The van der Waals surface area contributed by atoms with Gasteiger partial charge in [0.25, 0.3) is 5.91 Å². The molecule has 1 aromatic rings. The van der Waals surface area contributed by atoms with Gasteiger partial charge in [-0.15, -0.1) is 12.4 Å². The highest BCUT2D eigenvalue weighted by molar-refractivity contribution is 5.95. The van der Waals surface area contributed by atoms with Gasteiger partial charge in [-0.2, -0.15) is 0 Å². The number of aryl methyl sites for hydroxylation is 1. The number of anilines is 1. The zero-order valence-electron chi connectivity index (χ0n) is 11.6. The molecule has 0 aromatic heterocycles. The Morgan fingerprint density at radius 1 is 1.37 bits per heavy atom. The molecule has 0 radical (unpaired) electrons. The van der Waals surface area contributed by atoms with Crippen molar-refractivity contribution in [3.8, 4) is 5.75 Å². The molecule has 0 bridgehead atoms. The number of rotatable bonds is 5. The van der Waals surface area contributed by atoms with Gasteiger partial charge in [-0.25, -0.2) is 0 Å². The number of halogens is 1. The van der Waals surface area contributed by atoms with Crippen molar-refractivity contribution in [3.63, 3.8) is 0 Å². The van der Waals surface area contributed by atoms with E-state index in [0.29, 0.717) is 5.69 Å². The lowest BCUT2D eigenvalue weighted by atomic mass is 10.1. The van der Waals surface area contributed by atoms with Gasteiger partial charge >= 0.3 is 0 Å². The molecule has 0 aliphatic heterocycles. The Labute approximate surface area is 119 Å². The maximum atomic E-state index is 11.9. The van der Waals surface area contributed by atoms with Gasteiger partial charge in [-0.3, -0.25) is 4.79 Å². The molecule has 3 N–H and O–H groups in total. The average Bonchev–Trinajstić information content (AvgIpc) is 2.35. The standard InChI is InChI=1S/C13H20N2O3.ClH/c1-8-5-6-10(9(2)12(8)18-4)15-13(16)11(7-14)17-3;/h5-6,11H,7,14H2,1-4H3,(H,15,16);1H. The van der Waals surface area contributed by atoms with Crippen LogP contribution in [0.4, 0.5) is 5.69 Å². The number of benzene rings is 1. The minimum absolute atomic E-state index is 0. The third kappa shape index (κ3) is 4.09. The third-order valence-electron chi connectivity index (χ3n) is 2.86. The highest BCUT2D eigenvalue weighted by atomic mass is 35.5. The monoisotopic (exact) mass is 288 g/mol. The molecule has 0 saturated heterocycles. The van der Waals surface area contributed by atoms with Gasteiger partial charge in [0.05, 0.1) is 7.11 Å². The van der Waals surface area contributed by atoms with Gasteiger partial charge in [0.15, 0.2) is 0 Å². The van der Waals surface area contributed by atoms with Crippen LogP contribution in [0.15, 0.2) is 12.1 Å². The summed E-state index contributed by atoms with van der Waals surface area (Å²) in [7, 11) is 3.07. The van der Waals surface area contributed by atoms with E-state index in [-0.39, 0.29) is 24.9 Å². The fraction of sp³-hybridized carbons (Fsp3) is 0.462. The molecule has 0 fully saturated rings. The van der Waals surface area contributed by atoms with E-state index < -0.39 is 6.10 Å². The van der Waals surface area contributed by atoms with Crippen LogP contribution >= 0.6 is 12.4 Å². The number of nitrogens with two attached hydrogens (primary N) is 1. The molecule has 0 saturated carbocycles. The largest absolute Gasteiger partial charge is 0.496 e. The second kappa shape index (κ2) is 7.99. The predicted molar refractivity (Wildman–Crippen MR) is 78.2 cm³/mol. The molecule has 1 aromatic carbocycles. The van der Waals surface area contributed by atoms with Crippen LogP contribution in [0, 0.1) is 13.8 Å². The summed E-state index contributed by atoms with van der Waals surface area (Å²) in [5.41, 5.74) is 8.06. The molecular weight excluding hydrogens is 268 g/mol. The van der Waals surface area contributed by atoms with Crippen molar-refractivity contribution in [2.45, 2.75) is 20.0 Å². The fourth-order valence-electron chi connectivity index (χ4n) is 1.80. The molecule has 1 atom stereocenters. The van der Waals surface area contributed by atoms with Crippen LogP contribution in [-0.2, 0) is 9.53 Å². The Balaban J connectivity index is 0.00000324. The van der Waals surface area contributed by atoms with E-state index >= 15 is 0 Å². The Morgan fingerprint density at radius 2 is 2.00 bits per heavy atom. The Kier molecular flexibility index (Phi) is 7.44. The summed E-state index contributed by atoms with van der Waals surface area (Å²) in [6.45, 7) is 3.99. The van der Waals surface area contributed by atoms with Crippen molar-refractivity contribution in [2.75, 3.05) is 26.1 Å². The Bertz CT molecular complexity index is 434. The molecule has 0 spiro atoms. The van der Waals surface area contributed by atoms with Crippen LogP contribution in [0.25, 0.3) is 0 Å². The van der Waals surface area contributed by atoms with E-state index in [9.17, 15) is 4.79 Å². The summed E-state index contributed by atoms with van der Waals surface area (Å²) in [4.78, 5) is 11.9. The van der Waals surface area contributed by atoms with Crippen LogP contribution in [0.3, 0.4) is 0 Å². The van der Waals surface area contributed by atoms with Gasteiger partial charge < -0.3 is 20.5 Å². The van der Waals surface area contributed by atoms with E-state index in [2.05, 4.69) is 5.32 Å². The molecule has 1 unspecified atom stereocenters. The van der Waals surface area contributed by atoms with Crippen LogP contribution in [-0.4, -0.2) is 32.8 Å². The van der Waals surface area contributed by atoms with E-state index in [0.717, 1.165) is 16.9 Å². The van der Waals surface area contributed by atoms with Crippen LogP contribution < -0.4 is 15.8 Å². The zero-order valence-corrected chi connectivity index (χ0v) is 12.5. The number of methoxy groups -OCH3 is 2. The van der Waals surface area contributed by atoms with Crippen molar-refractivity contribution in [1.82, 2.24) is 0 Å². The average molecular weight is 289 g/mol. The van der Waals surface area contributed by atoms with E-state index in [1.165, 1.54) is 7.11 Å². The molecule has 5 nitrogen and oxygen atoms in total. The molecule has 6 heteroatoms. The lowest BCUT2D eigenvalue weighted by molar-refractivity contribution is -0.125. The van der Waals surface area contributed by atoms with Crippen molar-refractivity contribution in [3.05, 3.63) is 23.3 Å². The minimum Gasteiger partial charge on any atom is -0.496 e. The van der Waals surface area contributed by atoms with Crippen molar-refractivity contribution < 1.29 is 14.3 Å². The molecule has 108 valence electrons. The van der Waals surface area contributed by atoms with Gasteiger partial charge in [-0.1, -0.05) is 6.07 Å². The quantitative estimate of drug-likeness (QED) is 0.864. The van der Waals surface area contributed by atoms with Crippen molar-refractivity contribution >= 4 is 24.0 Å². The van der Waals surface area contributed by atoms with E-state index in [1.807, 2.05) is 26.0 Å². The highest BCUT2D eigenvalue weighted by Crippen LogP contribution is 2.29. The van der Waals surface area contributed by atoms with Crippen LogP contribution in [0.1, 0.15) is 11.1 Å². The van der Waals surface area contributed by atoms with E-state index in [4.69, 9.17) is 15.2 Å². The SMILES string of the molecule is COc1c(C)ccc(NC(=O)C(CN)OC)c1C.Cl. The normalized spacial score (nSPS) is 11.4. The summed E-state index contributed by atoms with van der Waals surface area (Å²) in [5, 5.41) is 2.79. The lowest BCUT2D eigenvalue weighted by Crippen LogP contribution is -2.36. The van der Waals surface area contributed by atoms with E-state index in [1.54, 1.807) is 7.11 Å². The third-order valence-corrected chi connectivity index (χ3v) is 2.86. The van der Waals surface area contributed by atoms with Gasteiger partial charge in [0, 0.05) is 24.9 Å². The van der Waals surface area contributed by atoms with Gasteiger partial charge in [0.1, 0.15) is 11.9 Å². The van der Waals surface area contributed by atoms with Crippen molar-refractivity contribution in [1.29, 1.82) is 0 Å². The fourth-order valence-corrected chi connectivity index (χ4v) is 1.80. The maximum Gasteiger partial charge on any atom is 0.254 e. The smallest absolute Gasteiger partial charge is 0.254 e.